The van der Waals surface area contributed by atoms with Gasteiger partial charge in [-0.1, -0.05) is 13.3 Å². The van der Waals surface area contributed by atoms with Crippen molar-refractivity contribution in [3.05, 3.63) is 18.2 Å². The number of thioether (sulfide) groups is 1. The molecular formula is C17H27NO2S. The Bertz CT molecular complexity index is 425. The van der Waals surface area contributed by atoms with Crippen LogP contribution in [-0.4, -0.2) is 31.6 Å². The van der Waals surface area contributed by atoms with Crippen molar-refractivity contribution in [2.75, 3.05) is 25.5 Å². The van der Waals surface area contributed by atoms with Gasteiger partial charge in [-0.25, -0.2) is 0 Å². The van der Waals surface area contributed by atoms with E-state index in [0.717, 1.165) is 37.7 Å². The molecule has 118 valence electrons. The highest BCUT2D eigenvalue weighted by Crippen LogP contribution is 2.34. The zero-order valence-corrected chi connectivity index (χ0v) is 14.0. The molecular weight excluding hydrogens is 282 g/mol. The van der Waals surface area contributed by atoms with Gasteiger partial charge in [0.05, 0.1) is 13.2 Å². The van der Waals surface area contributed by atoms with Crippen molar-refractivity contribution < 1.29 is 9.47 Å². The summed E-state index contributed by atoms with van der Waals surface area (Å²) in [4.78, 5) is 1.28. The summed E-state index contributed by atoms with van der Waals surface area (Å²) in [5, 5.41) is 3.46. The molecule has 3 nitrogen and oxygen atoms in total. The van der Waals surface area contributed by atoms with Gasteiger partial charge in [-0.3, -0.25) is 0 Å². The van der Waals surface area contributed by atoms with Crippen LogP contribution in [0.1, 0.15) is 39.5 Å². The first-order valence-corrected chi connectivity index (χ1v) is 9.04. The molecule has 21 heavy (non-hydrogen) atoms. The highest BCUT2D eigenvalue weighted by molar-refractivity contribution is 7.99. The van der Waals surface area contributed by atoms with Crippen molar-refractivity contribution >= 4 is 11.8 Å². The Morgan fingerprint density at radius 1 is 1.19 bits per heavy atom. The number of benzene rings is 1. The topological polar surface area (TPSA) is 30.5 Å². The molecule has 1 heterocycles. The summed E-state index contributed by atoms with van der Waals surface area (Å²) in [6.45, 7) is 7.00. The highest BCUT2D eigenvalue weighted by Gasteiger charge is 2.10. The molecule has 0 amide bonds. The lowest BCUT2D eigenvalue weighted by molar-refractivity contribution is 0.297. The van der Waals surface area contributed by atoms with Crippen molar-refractivity contribution in [1.29, 1.82) is 0 Å². The summed E-state index contributed by atoms with van der Waals surface area (Å²) >= 11 is 1.91. The zero-order valence-electron chi connectivity index (χ0n) is 13.2. The fraction of sp³-hybridized carbons (Fsp3) is 0.647. The van der Waals surface area contributed by atoms with Crippen LogP contribution in [0.2, 0.25) is 0 Å². The fourth-order valence-electron chi connectivity index (χ4n) is 2.43. The number of hydrogen-bond acceptors (Lipinski definition) is 4. The van der Waals surface area contributed by atoms with Crippen molar-refractivity contribution in [3.63, 3.8) is 0 Å². The lowest BCUT2D eigenvalue weighted by atomic mass is 10.1. The number of hydrogen-bond donors (Lipinski definition) is 1. The van der Waals surface area contributed by atoms with Crippen LogP contribution >= 0.6 is 11.8 Å². The van der Waals surface area contributed by atoms with Gasteiger partial charge < -0.3 is 14.8 Å². The SMILES string of the molecule is CCNC(C)CCCCSc1ccc2c(c1)OCCCO2. The molecule has 0 spiro atoms. The molecule has 0 aliphatic carbocycles. The molecule has 1 aliphatic rings. The second kappa shape index (κ2) is 9.21. The molecule has 2 rings (SSSR count). The summed E-state index contributed by atoms with van der Waals surface area (Å²) in [7, 11) is 0. The first kappa shape index (κ1) is 16.5. The van der Waals surface area contributed by atoms with E-state index in [1.54, 1.807) is 0 Å². The molecule has 0 saturated carbocycles. The van der Waals surface area contributed by atoms with Crippen LogP contribution in [0.5, 0.6) is 11.5 Å². The number of fused-ring (bicyclic) bond motifs is 1. The average Bonchev–Trinajstić information content (AvgIpc) is 2.72. The first-order valence-electron chi connectivity index (χ1n) is 8.05. The maximum absolute atomic E-state index is 5.73. The van der Waals surface area contributed by atoms with Gasteiger partial charge in [0.15, 0.2) is 11.5 Å². The van der Waals surface area contributed by atoms with Gasteiger partial charge in [0.25, 0.3) is 0 Å². The Labute approximate surface area is 132 Å². The Balaban J connectivity index is 1.70. The van der Waals surface area contributed by atoms with Gasteiger partial charge in [0.2, 0.25) is 0 Å². The maximum Gasteiger partial charge on any atom is 0.162 e. The predicted molar refractivity (Wildman–Crippen MR) is 89.8 cm³/mol. The Hall–Kier alpha value is -0.870. The fourth-order valence-corrected chi connectivity index (χ4v) is 3.37. The Morgan fingerprint density at radius 2 is 2.00 bits per heavy atom. The van der Waals surface area contributed by atoms with E-state index < -0.39 is 0 Å². The largest absolute Gasteiger partial charge is 0.490 e. The van der Waals surface area contributed by atoms with Crippen molar-refractivity contribution in [2.24, 2.45) is 0 Å². The minimum atomic E-state index is 0.637. The smallest absolute Gasteiger partial charge is 0.162 e. The average molecular weight is 309 g/mol. The molecule has 0 saturated heterocycles. The summed E-state index contributed by atoms with van der Waals surface area (Å²) < 4.78 is 11.4. The summed E-state index contributed by atoms with van der Waals surface area (Å²) in [5.74, 6) is 2.95. The van der Waals surface area contributed by atoms with E-state index in [4.69, 9.17) is 9.47 Å². The zero-order chi connectivity index (χ0) is 14.9. The van der Waals surface area contributed by atoms with Gasteiger partial charge in [0.1, 0.15) is 0 Å². The molecule has 1 aromatic carbocycles. The van der Waals surface area contributed by atoms with Crippen molar-refractivity contribution in [1.82, 2.24) is 5.32 Å². The molecule has 0 radical (unpaired) electrons. The van der Waals surface area contributed by atoms with Crippen molar-refractivity contribution in [2.45, 2.75) is 50.5 Å². The number of rotatable bonds is 8. The Morgan fingerprint density at radius 3 is 2.81 bits per heavy atom. The maximum atomic E-state index is 5.73. The molecule has 1 aliphatic heterocycles. The lowest BCUT2D eigenvalue weighted by Gasteiger charge is -2.12. The van der Waals surface area contributed by atoms with Crippen LogP contribution in [0.3, 0.4) is 0 Å². The van der Waals surface area contributed by atoms with Gasteiger partial charge in [0, 0.05) is 17.4 Å². The van der Waals surface area contributed by atoms with Crippen LogP contribution in [0.4, 0.5) is 0 Å². The number of nitrogens with one attached hydrogen (secondary N) is 1. The predicted octanol–water partition coefficient (Wildman–Crippen LogP) is 4.11. The van der Waals surface area contributed by atoms with Crippen LogP contribution in [0, 0.1) is 0 Å². The quantitative estimate of drug-likeness (QED) is 0.578. The van der Waals surface area contributed by atoms with E-state index in [2.05, 4.69) is 31.3 Å². The van der Waals surface area contributed by atoms with Crippen LogP contribution in [0.15, 0.2) is 23.1 Å². The van der Waals surface area contributed by atoms with Crippen molar-refractivity contribution in [3.8, 4) is 11.5 Å². The second-order valence-electron chi connectivity index (χ2n) is 5.46. The van der Waals surface area contributed by atoms with E-state index in [1.165, 1.54) is 29.9 Å². The molecule has 0 aromatic heterocycles. The summed E-state index contributed by atoms with van der Waals surface area (Å²) in [6, 6.07) is 6.93. The standard InChI is InChI=1S/C17H27NO2S/c1-3-18-14(2)7-4-5-12-21-15-8-9-16-17(13-15)20-11-6-10-19-16/h8-9,13-14,18H,3-7,10-12H2,1-2H3. The van der Waals surface area contributed by atoms with E-state index in [0.29, 0.717) is 6.04 Å². The molecule has 1 unspecified atom stereocenters. The van der Waals surface area contributed by atoms with E-state index >= 15 is 0 Å². The van der Waals surface area contributed by atoms with E-state index in [9.17, 15) is 0 Å². The Kier molecular flexibility index (Phi) is 7.24. The van der Waals surface area contributed by atoms with Crippen LogP contribution in [-0.2, 0) is 0 Å². The van der Waals surface area contributed by atoms with Crippen LogP contribution in [0.25, 0.3) is 0 Å². The monoisotopic (exact) mass is 309 g/mol. The molecule has 1 atom stereocenters. The molecule has 1 N–H and O–H groups in total. The molecule has 0 fully saturated rings. The van der Waals surface area contributed by atoms with Gasteiger partial charge in [-0.2, -0.15) is 0 Å². The normalized spacial score (nSPS) is 15.5. The van der Waals surface area contributed by atoms with E-state index in [-0.39, 0.29) is 0 Å². The van der Waals surface area contributed by atoms with E-state index in [1.807, 2.05) is 17.8 Å². The lowest BCUT2D eigenvalue weighted by Crippen LogP contribution is -2.25. The third-order valence-corrected chi connectivity index (χ3v) is 4.65. The molecule has 1 aromatic rings. The number of unbranched alkanes of at least 4 members (excludes halogenated alkanes) is 1. The minimum absolute atomic E-state index is 0.637. The summed E-state index contributed by atoms with van der Waals surface area (Å²) in [5.41, 5.74) is 0. The molecule has 4 heteroatoms. The number of ether oxygens (including phenoxy) is 2. The van der Waals surface area contributed by atoms with Gasteiger partial charge in [-0.05, 0) is 50.3 Å². The first-order chi connectivity index (χ1) is 10.3. The van der Waals surface area contributed by atoms with Gasteiger partial charge >= 0.3 is 0 Å². The highest BCUT2D eigenvalue weighted by atomic mass is 32.2. The third kappa shape index (κ3) is 5.79. The van der Waals surface area contributed by atoms with Crippen LogP contribution < -0.4 is 14.8 Å². The summed E-state index contributed by atoms with van der Waals surface area (Å²) in [6.07, 6.45) is 4.76. The third-order valence-electron chi connectivity index (χ3n) is 3.57. The van der Waals surface area contributed by atoms with Gasteiger partial charge in [-0.15, -0.1) is 11.8 Å². The molecule has 0 bridgehead atoms. The minimum Gasteiger partial charge on any atom is -0.490 e. The second-order valence-corrected chi connectivity index (χ2v) is 6.63.